The Morgan fingerprint density at radius 3 is 2.90 bits per heavy atom. The van der Waals surface area contributed by atoms with Gasteiger partial charge < -0.3 is 24.5 Å². The Kier molecular flexibility index (Phi) is 4.36. The van der Waals surface area contributed by atoms with Gasteiger partial charge in [0.15, 0.2) is 11.8 Å². The quantitative estimate of drug-likeness (QED) is 0.757. The van der Waals surface area contributed by atoms with Crippen molar-refractivity contribution in [3.8, 4) is 0 Å². The summed E-state index contributed by atoms with van der Waals surface area (Å²) in [6, 6.07) is 2.00. The molecule has 1 saturated heterocycles. The van der Waals surface area contributed by atoms with Crippen molar-refractivity contribution in [2.45, 2.75) is 6.04 Å². The normalized spacial score (nSPS) is 18.6. The van der Waals surface area contributed by atoms with Crippen molar-refractivity contribution in [1.82, 2.24) is 10.2 Å². The van der Waals surface area contributed by atoms with Gasteiger partial charge in [0, 0.05) is 6.54 Å². The predicted molar refractivity (Wildman–Crippen MR) is 65.0 cm³/mol. The number of ether oxygens (including phenoxy) is 1. The Labute approximate surface area is 114 Å². The lowest BCUT2D eigenvalue weighted by atomic mass is 10.2. The summed E-state index contributed by atoms with van der Waals surface area (Å²) < 4.78 is 9.91. The van der Waals surface area contributed by atoms with E-state index in [-0.39, 0.29) is 32.1 Å². The van der Waals surface area contributed by atoms with E-state index in [0.717, 1.165) is 0 Å². The molecule has 0 radical (unpaired) electrons. The van der Waals surface area contributed by atoms with Gasteiger partial charge in [0.25, 0.3) is 5.91 Å². The highest BCUT2D eigenvalue weighted by Crippen LogP contribution is 2.07. The second-order valence-electron chi connectivity index (χ2n) is 4.18. The molecule has 2 heterocycles. The fraction of sp³-hybridized carbons (Fsp3) is 0.417. The summed E-state index contributed by atoms with van der Waals surface area (Å²) in [5.74, 6) is -2.03. The molecule has 2 N–H and O–H groups in total. The van der Waals surface area contributed by atoms with Crippen molar-refractivity contribution in [3.63, 3.8) is 0 Å². The molecule has 108 valence electrons. The maximum Gasteiger partial charge on any atom is 0.328 e. The second kappa shape index (κ2) is 6.20. The summed E-state index contributed by atoms with van der Waals surface area (Å²) in [7, 11) is 0. The number of nitrogens with one attached hydrogen (secondary N) is 1. The number of carbonyl (C=O) groups is 3. The van der Waals surface area contributed by atoms with Crippen molar-refractivity contribution >= 4 is 17.8 Å². The first kappa shape index (κ1) is 14.1. The Morgan fingerprint density at radius 1 is 1.45 bits per heavy atom. The second-order valence-corrected chi connectivity index (χ2v) is 4.18. The fourth-order valence-electron chi connectivity index (χ4n) is 1.86. The van der Waals surface area contributed by atoms with Gasteiger partial charge in [0.2, 0.25) is 5.91 Å². The van der Waals surface area contributed by atoms with Crippen LogP contribution in [0, 0.1) is 0 Å². The number of aliphatic carboxylic acids is 1. The first-order valence-electron chi connectivity index (χ1n) is 6.01. The number of rotatable bonds is 4. The molecule has 8 heteroatoms. The summed E-state index contributed by atoms with van der Waals surface area (Å²) >= 11 is 0. The largest absolute Gasteiger partial charge is 0.480 e. The van der Waals surface area contributed by atoms with E-state index in [1.54, 1.807) is 6.07 Å². The Morgan fingerprint density at radius 2 is 2.25 bits per heavy atom. The topological polar surface area (TPSA) is 109 Å². The van der Waals surface area contributed by atoms with Crippen LogP contribution in [0.15, 0.2) is 22.8 Å². The summed E-state index contributed by atoms with van der Waals surface area (Å²) in [5, 5.41) is 11.4. The van der Waals surface area contributed by atoms with E-state index in [2.05, 4.69) is 5.32 Å². The van der Waals surface area contributed by atoms with Gasteiger partial charge in [-0.25, -0.2) is 4.79 Å². The number of carboxylic acid groups (broad SMARTS) is 1. The maximum atomic E-state index is 11.9. The third-order valence-electron chi connectivity index (χ3n) is 2.88. The molecule has 1 aromatic heterocycles. The first-order chi connectivity index (χ1) is 9.59. The zero-order valence-electron chi connectivity index (χ0n) is 10.6. The molecule has 1 aromatic rings. The summed E-state index contributed by atoms with van der Waals surface area (Å²) in [6.45, 7) is 0.130. The molecule has 2 rings (SSSR count). The molecule has 1 aliphatic heterocycles. The molecule has 0 spiro atoms. The molecule has 8 nitrogen and oxygen atoms in total. The monoisotopic (exact) mass is 282 g/mol. The minimum atomic E-state index is -1.13. The van der Waals surface area contributed by atoms with E-state index < -0.39 is 23.8 Å². The number of furan rings is 1. The maximum absolute atomic E-state index is 11.9. The van der Waals surface area contributed by atoms with Crippen LogP contribution in [0.3, 0.4) is 0 Å². The Hall–Kier alpha value is -2.35. The highest BCUT2D eigenvalue weighted by atomic mass is 16.5. The third kappa shape index (κ3) is 3.15. The first-order valence-corrected chi connectivity index (χ1v) is 6.01. The van der Waals surface area contributed by atoms with Crippen LogP contribution in [0.4, 0.5) is 0 Å². The summed E-state index contributed by atoms with van der Waals surface area (Å²) in [4.78, 5) is 35.7. The molecule has 1 aliphatic rings. The van der Waals surface area contributed by atoms with E-state index in [9.17, 15) is 14.4 Å². The standard InChI is InChI=1S/C12H14N2O6/c15-10(6-13-11(16)9-2-1-4-20-9)14-3-5-19-7-8(14)12(17)18/h1-2,4,8H,3,5-7H2,(H,13,16)(H,17,18). The lowest BCUT2D eigenvalue weighted by Crippen LogP contribution is -2.54. The van der Waals surface area contributed by atoms with E-state index in [1.165, 1.54) is 17.2 Å². The molecule has 1 atom stereocenters. The average molecular weight is 282 g/mol. The summed E-state index contributed by atoms with van der Waals surface area (Å²) in [5.41, 5.74) is 0. The zero-order chi connectivity index (χ0) is 14.5. The van der Waals surface area contributed by atoms with Crippen LogP contribution < -0.4 is 5.32 Å². The van der Waals surface area contributed by atoms with Crippen molar-refractivity contribution in [1.29, 1.82) is 0 Å². The predicted octanol–water partition coefficient (Wildman–Crippen LogP) is -0.679. The number of carboxylic acids is 1. The molecular weight excluding hydrogens is 268 g/mol. The van der Waals surface area contributed by atoms with Gasteiger partial charge in [0.1, 0.15) is 0 Å². The van der Waals surface area contributed by atoms with Crippen LogP contribution in [0.25, 0.3) is 0 Å². The number of amides is 2. The van der Waals surface area contributed by atoms with Crippen LogP contribution in [0.2, 0.25) is 0 Å². The number of nitrogens with zero attached hydrogens (tertiary/aromatic N) is 1. The highest BCUT2D eigenvalue weighted by molar-refractivity contribution is 5.94. The van der Waals surface area contributed by atoms with E-state index in [4.69, 9.17) is 14.3 Å². The van der Waals surface area contributed by atoms with Gasteiger partial charge in [-0.05, 0) is 12.1 Å². The zero-order valence-corrected chi connectivity index (χ0v) is 10.6. The van der Waals surface area contributed by atoms with Crippen molar-refractivity contribution in [3.05, 3.63) is 24.2 Å². The van der Waals surface area contributed by atoms with Crippen LogP contribution in [0.1, 0.15) is 10.6 Å². The van der Waals surface area contributed by atoms with Gasteiger partial charge in [0.05, 0.1) is 26.0 Å². The van der Waals surface area contributed by atoms with Crippen molar-refractivity contribution < 1.29 is 28.6 Å². The fourth-order valence-corrected chi connectivity index (χ4v) is 1.86. The molecule has 0 aromatic carbocycles. The summed E-state index contributed by atoms with van der Waals surface area (Å²) in [6.07, 6.45) is 1.35. The van der Waals surface area contributed by atoms with E-state index >= 15 is 0 Å². The van der Waals surface area contributed by atoms with Crippen LogP contribution in [0.5, 0.6) is 0 Å². The Bertz CT molecular complexity index is 498. The lowest BCUT2D eigenvalue weighted by Gasteiger charge is -2.32. The van der Waals surface area contributed by atoms with Crippen molar-refractivity contribution in [2.24, 2.45) is 0 Å². The van der Waals surface area contributed by atoms with E-state index in [0.29, 0.717) is 0 Å². The minimum Gasteiger partial charge on any atom is -0.480 e. The number of hydrogen-bond donors (Lipinski definition) is 2. The number of morpholine rings is 1. The SMILES string of the molecule is O=C(NCC(=O)N1CCOCC1C(=O)O)c1ccco1. The highest BCUT2D eigenvalue weighted by Gasteiger charge is 2.32. The molecule has 2 amide bonds. The molecule has 0 aliphatic carbocycles. The van der Waals surface area contributed by atoms with Gasteiger partial charge in [-0.3, -0.25) is 9.59 Å². The van der Waals surface area contributed by atoms with Crippen LogP contribution in [-0.2, 0) is 14.3 Å². The molecule has 0 bridgehead atoms. The number of carbonyl (C=O) groups excluding carboxylic acids is 2. The minimum absolute atomic E-state index is 0.0484. The lowest BCUT2D eigenvalue weighted by molar-refractivity contribution is -0.157. The molecule has 0 saturated carbocycles. The molecule has 1 fully saturated rings. The molecule has 20 heavy (non-hydrogen) atoms. The van der Waals surface area contributed by atoms with Crippen molar-refractivity contribution in [2.75, 3.05) is 26.3 Å². The van der Waals surface area contributed by atoms with Crippen LogP contribution in [-0.4, -0.2) is 60.1 Å². The van der Waals surface area contributed by atoms with Gasteiger partial charge in [-0.2, -0.15) is 0 Å². The van der Waals surface area contributed by atoms with Gasteiger partial charge >= 0.3 is 5.97 Å². The smallest absolute Gasteiger partial charge is 0.328 e. The molecule has 1 unspecified atom stereocenters. The number of hydrogen-bond acceptors (Lipinski definition) is 5. The third-order valence-corrected chi connectivity index (χ3v) is 2.88. The Balaban J connectivity index is 1.90. The van der Waals surface area contributed by atoms with E-state index in [1.807, 2.05) is 0 Å². The van der Waals surface area contributed by atoms with Crippen LogP contribution >= 0.6 is 0 Å². The van der Waals surface area contributed by atoms with Gasteiger partial charge in [-0.1, -0.05) is 0 Å². The van der Waals surface area contributed by atoms with Gasteiger partial charge in [-0.15, -0.1) is 0 Å². The average Bonchev–Trinajstić information content (AvgIpc) is 2.98. The molecular formula is C12H14N2O6.